The van der Waals surface area contributed by atoms with Crippen molar-refractivity contribution >= 4 is 6.01 Å². The average molecular weight is 259 g/mol. The minimum atomic E-state index is -0.103. The molecule has 1 aromatic heterocycles. The number of hydrogen-bond acceptors (Lipinski definition) is 5. The normalized spacial score (nSPS) is 17.9. The second-order valence-corrected chi connectivity index (χ2v) is 5.73. The number of para-hydroxylation sites is 1. The first kappa shape index (κ1) is 12.0. The number of ether oxygens (including phenoxy) is 1. The second-order valence-electron chi connectivity index (χ2n) is 5.73. The summed E-state index contributed by atoms with van der Waals surface area (Å²) in [4.78, 5) is 4.41. The Balaban J connectivity index is 1.85. The summed E-state index contributed by atoms with van der Waals surface area (Å²) in [5.41, 5.74) is 1.01. The van der Waals surface area contributed by atoms with Gasteiger partial charge in [0.1, 0.15) is 12.4 Å². The molecular formula is C14H17N3O2. The van der Waals surface area contributed by atoms with Gasteiger partial charge in [-0.1, -0.05) is 23.4 Å². The summed E-state index contributed by atoms with van der Waals surface area (Å²) in [6.07, 6.45) is 0. The number of benzene rings is 1. The third-order valence-electron chi connectivity index (χ3n) is 2.94. The highest BCUT2D eigenvalue weighted by atomic mass is 16.5. The molecule has 3 rings (SSSR count). The van der Waals surface area contributed by atoms with Crippen LogP contribution < -0.4 is 10.1 Å². The molecule has 5 heteroatoms. The third-order valence-corrected chi connectivity index (χ3v) is 2.94. The van der Waals surface area contributed by atoms with Crippen LogP contribution in [0, 0.1) is 0 Å². The van der Waals surface area contributed by atoms with Gasteiger partial charge in [-0.05, 0) is 26.8 Å². The van der Waals surface area contributed by atoms with E-state index in [1.807, 2.05) is 45.0 Å². The highest BCUT2D eigenvalue weighted by Crippen LogP contribution is 2.36. The van der Waals surface area contributed by atoms with Crippen LogP contribution in [-0.4, -0.2) is 22.3 Å². The molecular weight excluding hydrogens is 242 g/mol. The van der Waals surface area contributed by atoms with Crippen molar-refractivity contribution in [3.05, 3.63) is 35.7 Å². The summed E-state index contributed by atoms with van der Waals surface area (Å²) in [7, 11) is 0. The summed E-state index contributed by atoms with van der Waals surface area (Å²) in [5, 5.41) is 7.22. The molecule has 1 aromatic carbocycles. The highest BCUT2D eigenvalue weighted by Gasteiger charge is 2.29. The number of aromatic nitrogens is 2. The van der Waals surface area contributed by atoms with E-state index in [0.29, 0.717) is 18.4 Å². The summed E-state index contributed by atoms with van der Waals surface area (Å²) in [5.74, 6) is 1.62. The topological polar surface area (TPSA) is 60.2 Å². The lowest BCUT2D eigenvalue weighted by Crippen LogP contribution is -2.26. The van der Waals surface area contributed by atoms with Crippen molar-refractivity contribution in [1.29, 1.82) is 0 Å². The maximum Gasteiger partial charge on any atom is 0.321 e. The fourth-order valence-electron chi connectivity index (χ4n) is 2.12. The zero-order chi connectivity index (χ0) is 13.5. The van der Waals surface area contributed by atoms with Crippen molar-refractivity contribution in [3.63, 3.8) is 0 Å². The zero-order valence-corrected chi connectivity index (χ0v) is 11.3. The van der Waals surface area contributed by atoms with Gasteiger partial charge in [0.2, 0.25) is 0 Å². The van der Waals surface area contributed by atoms with Gasteiger partial charge in [0, 0.05) is 11.1 Å². The van der Waals surface area contributed by atoms with Crippen molar-refractivity contribution in [3.8, 4) is 5.75 Å². The fraction of sp³-hybridized carbons (Fsp3) is 0.429. The Morgan fingerprint density at radius 2 is 2.05 bits per heavy atom. The van der Waals surface area contributed by atoms with Crippen molar-refractivity contribution in [2.45, 2.75) is 32.2 Å². The molecule has 0 radical (unpaired) electrons. The standard InChI is InChI=1S/C14H17N3O2/c1-14(2,3)16-13-15-12(17-19-13)10-8-18-11-7-5-4-6-9(10)11/h4-7,10H,8H2,1-3H3,(H,15,16,17). The Morgan fingerprint density at radius 1 is 1.26 bits per heavy atom. The molecule has 0 saturated carbocycles. The van der Waals surface area contributed by atoms with Crippen LogP contribution in [0.1, 0.15) is 38.1 Å². The van der Waals surface area contributed by atoms with Crippen LogP contribution in [0.25, 0.3) is 0 Å². The van der Waals surface area contributed by atoms with Crippen LogP contribution in [0.2, 0.25) is 0 Å². The van der Waals surface area contributed by atoms with Gasteiger partial charge >= 0.3 is 6.01 Å². The zero-order valence-electron chi connectivity index (χ0n) is 11.3. The lowest BCUT2D eigenvalue weighted by atomic mass is 10.0. The number of nitrogens with one attached hydrogen (secondary N) is 1. The molecule has 1 atom stereocenters. The molecule has 0 bridgehead atoms. The Kier molecular flexibility index (Phi) is 2.69. The Bertz CT molecular complexity index is 586. The van der Waals surface area contributed by atoms with Crippen molar-refractivity contribution in [2.24, 2.45) is 0 Å². The predicted octanol–water partition coefficient (Wildman–Crippen LogP) is 2.80. The summed E-state index contributed by atoms with van der Waals surface area (Å²) < 4.78 is 10.9. The molecule has 0 amide bonds. The summed E-state index contributed by atoms with van der Waals surface area (Å²) >= 11 is 0. The molecule has 1 aliphatic heterocycles. The number of hydrogen-bond donors (Lipinski definition) is 1. The maximum absolute atomic E-state index is 5.63. The smallest absolute Gasteiger partial charge is 0.321 e. The molecule has 1 aliphatic rings. The molecule has 5 nitrogen and oxygen atoms in total. The van der Waals surface area contributed by atoms with Crippen LogP contribution in [0.3, 0.4) is 0 Å². The maximum atomic E-state index is 5.63. The van der Waals surface area contributed by atoms with Gasteiger partial charge in [0.25, 0.3) is 0 Å². The third kappa shape index (κ3) is 2.41. The number of nitrogens with zero attached hydrogens (tertiary/aromatic N) is 2. The van der Waals surface area contributed by atoms with Crippen LogP contribution in [0.4, 0.5) is 6.01 Å². The number of rotatable bonds is 2. The molecule has 2 heterocycles. The second kappa shape index (κ2) is 4.26. The van der Waals surface area contributed by atoms with Gasteiger partial charge < -0.3 is 14.6 Å². The van der Waals surface area contributed by atoms with Gasteiger partial charge in [-0.3, -0.25) is 0 Å². The summed E-state index contributed by atoms with van der Waals surface area (Å²) in [6.45, 7) is 6.70. The number of fused-ring (bicyclic) bond motifs is 1. The molecule has 1 unspecified atom stereocenters. The monoisotopic (exact) mass is 259 g/mol. The molecule has 0 spiro atoms. The average Bonchev–Trinajstić information content (AvgIpc) is 2.92. The SMILES string of the molecule is CC(C)(C)Nc1nc(C2COc3ccccc32)no1. The van der Waals surface area contributed by atoms with Crippen molar-refractivity contribution in [1.82, 2.24) is 10.1 Å². The predicted molar refractivity (Wildman–Crippen MR) is 71.5 cm³/mol. The van der Waals surface area contributed by atoms with Gasteiger partial charge in [-0.15, -0.1) is 0 Å². The molecule has 19 heavy (non-hydrogen) atoms. The largest absolute Gasteiger partial charge is 0.492 e. The van der Waals surface area contributed by atoms with E-state index in [1.165, 1.54) is 0 Å². The molecule has 100 valence electrons. The first-order valence-corrected chi connectivity index (χ1v) is 6.36. The van der Waals surface area contributed by atoms with Crippen LogP contribution in [0.5, 0.6) is 5.75 Å². The van der Waals surface area contributed by atoms with Crippen LogP contribution in [0.15, 0.2) is 28.8 Å². The summed E-state index contributed by atoms with van der Waals surface area (Å²) in [6, 6.07) is 8.41. The Hall–Kier alpha value is -2.04. The fourth-order valence-corrected chi connectivity index (χ4v) is 2.12. The molecule has 2 aromatic rings. The minimum absolute atomic E-state index is 0.0514. The van der Waals surface area contributed by atoms with Crippen LogP contribution >= 0.6 is 0 Å². The van der Waals surface area contributed by atoms with Crippen molar-refractivity contribution < 1.29 is 9.26 Å². The van der Waals surface area contributed by atoms with E-state index in [1.54, 1.807) is 0 Å². The van der Waals surface area contributed by atoms with E-state index in [4.69, 9.17) is 9.26 Å². The van der Waals surface area contributed by atoms with Gasteiger partial charge in [0.15, 0.2) is 5.82 Å². The quantitative estimate of drug-likeness (QED) is 0.898. The molecule has 0 fully saturated rings. The first-order chi connectivity index (χ1) is 9.03. The Morgan fingerprint density at radius 3 is 2.84 bits per heavy atom. The van der Waals surface area contributed by atoms with E-state index in [2.05, 4.69) is 15.5 Å². The molecule has 0 aliphatic carbocycles. The van der Waals surface area contributed by atoms with E-state index in [9.17, 15) is 0 Å². The van der Waals surface area contributed by atoms with Gasteiger partial charge in [-0.25, -0.2) is 0 Å². The highest BCUT2D eigenvalue weighted by molar-refractivity contribution is 5.43. The first-order valence-electron chi connectivity index (χ1n) is 6.36. The molecule has 0 saturated heterocycles. The van der Waals surface area contributed by atoms with Crippen LogP contribution in [-0.2, 0) is 0 Å². The molecule has 1 N–H and O–H groups in total. The van der Waals surface area contributed by atoms with E-state index in [-0.39, 0.29) is 11.5 Å². The van der Waals surface area contributed by atoms with E-state index in [0.717, 1.165) is 11.3 Å². The van der Waals surface area contributed by atoms with E-state index >= 15 is 0 Å². The lowest BCUT2D eigenvalue weighted by molar-refractivity contribution is 0.334. The Labute approximate surface area is 112 Å². The van der Waals surface area contributed by atoms with E-state index < -0.39 is 0 Å². The van der Waals surface area contributed by atoms with Gasteiger partial charge in [-0.2, -0.15) is 4.98 Å². The lowest BCUT2D eigenvalue weighted by Gasteiger charge is -2.17. The van der Waals surface area contributed by atoms with Crippen molar-refractivity contribution in [2.75, 3.05) is 11.9 Å². The minimum Gasteiger partial charge on any atom is -0.492 e. The van der Waals surface area contributed by atoms with Gasteiger partial charge in [0.05, 0.1) is 5.92 Å². The number of anilines is 1.